The summed E-state index contributed by atoms with van der Waals surface area (Å²) in [4.78, 5) is 0. The van der Waals surface area contributed by atoms with Crippen LogP contribution in [-0.2, 0) is 9.47 Å². The summed E-state index contributed by atoms with van der Waals surface area (Å²) in [5.74, 6) is -0.410. The minimum absolute atomic E-state index is 0.273. The van der Waals surface area contributed by atoms with Gasteiger partial charge in [0.25, 0.3) is 0 Å². The standard InChI is InChI=1S/C15H27NO8/c1-6-7(4-17)3-8(12(20)11(6)19)16-10-9(5-18)24-15(23-2)14(22)13(10)21/h3,6,8-22H,4-5H2,1-2H3/t6-,8?,9-,10?,11?,12?,13+,14+,15?/m1/s1. The van der Waals surface area contributed by atoms with E-state index in [9.17, 15) is 30.6 Å². The van der Waals surface area contributed by atoms with Crippen molar-refractivity contribution < 1.29 is 40.1 Å². The normalized spacial score (nSPS) is 46.7. The molecule has 1 heterocycles. The number of aliphatic hydroxyl groups is 6. The predicted octanol–water partition coefficient (Wildman–Crippen LogP) is -3.31. The van der Waals surface area contributed by atoms with Gasteiger partial charge in [0.2, 0.25) is 0 Å². The molecule has 0 aromatic rings. The molecule has 140 valence electrons. The molecule has 24 heavy (non-hydrogen) atoms. The quantitative estimate of drug-likeness (QED) is 0.253. The average molecular weight is 349 g/mol. The molecular weight excluding hydrogens is 322 g/mol. The molecule has 5 unspecified atom stereocenters. The lowest BCUT2D eigenvalue weighted by molar-refractivity contribution is -0.273. The topological polar surface area (TPSA) is 152 Å². The highest BCUT2D eigenvalue weighted by Crippen LogP contribution is 2.28. The molecule has 0 bridgehead atoms. The monoisotopic (exact) mass is 349 g/mol. The van der Waals surface area contributed by atoms with Crippen LogP contribution >= 0.6 is 0 Å². The molecule has 7 N–H and O–H groups in total. The number of aliphatic hydroxyl groups excluding tert-OH is 6. The summed E-state index contributed by atoms with van der Waals surface area (Å²) in [6.45, 7) is 0.971. The van der Waals surface area contributed by atoms with E-state index in [1.165, 1.54) is 7.11 Å². The summed E-state index contributed by atoms with van der Waals surface area (Å²) < 4.78 is 10.3. The van der Waals surface area contributed by atoms with Crippen LogP contribution < -0.4 is 5.32 Å². The maximum atomic E-state index is 10.3. The fourth-order valence-electron chi connectivity index (χ4n) is 3.26. The van der Waals surface area contributed by atoms with Gasteiger partial charge in [-0.2, -0.15) is 0 Å². The Bertz CT molecular complexity index is 445. The van der Waals surface area contributed by atoms with Gasteiger partial charge in [-0.1, -0.05) is 13.0 Å². The van der Waals surface area contributed by atoms with Gasteiger partial charge in [-0.25, -0.2) is 0 Å². The SMILES string of the molecule is COC1O[C@H](CO)C(NC2C=C(CO)[C@@H](C)C(O)C2O)[C@H](O)[C@@H]1O. The van der Waals surface area contributed by atoms with E-state index >= 15 is 0 Å². The lowest BCUT2D eigenvalue weighted by Gasteiger charge is -2.45. The van der Waals surface area contributed by atoms with Gasteiger partial charge in [0.15, 0.2) is 6.29 Å². The Morgan fingerprint density at radius 3 is 2.29 bits per heavy atom. The van der Waals surface area contributed by atoms with E-state index in [2.05, 4.69) is 5.32 Å². The van der Waals surface area contributed by atoms with Gasteiger partial charge < -0.3 is 45.4 Å². The van der Waals surface area contributed by atoms with E-state index in [-0.39, 0.29) is 6.61 Å². The summed E-state index contributed by atoms with van der Waals surface area (Å²) in [6, 6.07) is -1.70. The predicted molar refractivity (Wildman–Crippen MR) is 81.8 cm³/mol. The minimum Gasteiger partial charge on any atom is -0.394 e. The molecule has 9 atom stereocenters. The Morgan fingerprint density at radius 1 is 1.08 bits per heavy atom. The summed E-state index contributed by atoms with van der Waals surface area (Å²) in [5.41, 5.74) is 0.549. The van der Waals surface area contributed by atoms with E-state index in [0.29, 0.717) is 5.57 Å². The highest BCUT2D eigenvalue weighted by atomic mass is 16.7. The maximum absolute atomic E-state index is 10.3. The number of nitrogens with one attached hydrogen (secondary N) is 1. The maximum Gasteiger partial charge on any atom is 0.186 e. The summed E-state index contributed by atoms with van der Waals surface area (Å²) >= 11 is 0. The molecule has 1 fully saturated rings. The van der Waals surface area contributed by atoms with Gasteiger partial charge >= 0.3 is 0 Å². The number of ether oxygens (including phenoxy) is 2. The zero-order valence-electron chi connectivity index (χ0n) is 13.7. The van der Waals surface area contributed by atoms with Crippen molar-refractivity contribution in [2.24, 2.45) is 5.92 Å². The highest BCUT2D eigenvalue weighted by Gasteiger charge is 2.46. The van der Waals surface area contributed by atoms with E-state index in [1.54, 1.807) is 13.0 Å². The third kappa shape index (κ3) is 3.64. The first-order valence-corrected chi connectivity index (χ1v) is 7.94. The third-order valence-electron chi connectivity index (χ3n) is 4.89. The van der Waals surface area contributed by atoms with Crippen LogP contribution in [0.1, 0.15) is 6.92 Å². The molecule has 2 aliphatic rings. The Labute approximate surface area is 140 Å². The molecule has 0 spiro atoms. The molecule has 9 heteroatoms. The lowest BCUT2D eigenvalue weighted by atomic mass is 9.81. The van der Waals surface area contributed by atoms with Crippen LogP contribution in [-0.4, -0.2) is 99.9 Å². The summed E-state index contributed by atoms with van der Waals surface area (Å²) in [5, 5.41) is 62.5. The zero-order valence-corrected chi connectivity index (χ0v) is 13.7. The van der Waals surface area contributed by atoms with Crippen LogP contribution in [0.15, 0.2) is 11.6 Å². The van der Waals surface area contributed by atoms with Crippen LogP contribution in [0.25, 0.3) is 0 Å². The first-order chi connectivity index (χ1) is 11.3. The molecule has 1 aliphatic carbocycles. The van der Waals surface area contributed by atoms with Crippen molar-refractivity contribution in [1.29, 1.82) is 0 Å². The Balaban J connectivity index is 2.19. The number of hydrogen-bond acceptors (Lipinski definition) is 9. The molecule has 1 saturated heterocycles. The van der Waals surface area contributed by atoms with Crippen molar-refractivity contribution >= 4 is 0 Å². The van der Waals surface area contributed by atoms with Crippen molar-refractivity contribution in [2.75, 3.05) is 20.3 Å². The van der Waals surface area contributed by atoms with Gasteiger partial charge in [0, 0.05) is 13.0 Å². The van der Waals surface area contributed by atoms with Crippen molar-refractivity contribution in [1.82, 2.24) is 5.32 Å². The Kier molecular flexibility index (Phi) is 6.71. The molecular formula is C15H27NO8. The molecule has 1 aliphatic heterocycles. The number of rotatable bonds is 5. The molecule has 0 aromatic heterocycles. The number of hydrogen-bond donors (Lipinski definition) is 7. The molecule has 2 rings (SSSR count). The molecule has 0 amide bonds. The Hall–Kier alpha value is -0.620. The highest BCUT2D eigenvalue weighted by molar-refractivity contribution is 5.20. The van der Waals surface area contributed by atoms with E-state index in [4.69, 9.17) is 9.47 Å². The average Bonchev–Trinajstić information content (AvgIpc) is 2.59. The van der Waals surface area contributed by atoms with Crippen LogP contribution in [0.2, 0.25) is 0 Å². The van der Waals surface area contributed by atoms with Crippen LogP contribution in [0.3, 0.4) is 0 Å². The first-order valence-electron chi connectivity index (χ1n) is 7.94. The third-order valence-corrected chi connectivity index (χ3v) is 4.89. The van der Waals surface area contributed by atoms with Crippen molar-refractivity contribution in [3.63, 3.8) is 0 Å². The van der Waals surface area contributed by atoms with Gasteiger partial charge in [0.05, 0.1) is 37.5 Å². The van der Waals surface area contributed by atoms with Gasteiger partial charge in [-0.05, 0) is 5.57 Å². The van der Waals surface area contributed by atoms with E-state index in [0.717, 1.165) is 0 Å². The van der Waals surface area contributed by atoms with Gasteiger partial charge in [-0.15, -0.1) is 0 Å². The van der Waals surface area contributed by atoms with Gasteiger partial charge in [-0.3, -0.25) is 0 Å². The summed E-state index contributed by atoms with van der Waals surface area (Å²) in [7, 11) is 1.31. The number of methoxy groups -OCH3 is 1. The first kappa shape index (κ1) is 19.7. The van der Waals surface area contributed by atoms with Gasteiger partial charge in [0.1, 0.15) is 18.3 Å². The minimum atomic E-state index is -1.35. The van der Waals surface area contributed by atoms with E-state index in [1.807, 2.05) is 0 Å². The van der Waals surface area contributed by atoms with Crippen molar-refractivity contribution in [3.05, 3.63) is 11.6 Å². The van der Waals surface area contributed by atoms with Crippen LogP contribution in [0, 0.1) is 5.92 Å². The second-order valence-corrected chi connectivity index (χ2v) is 6.33. The van der Waals surface area contributed by atoms with Crippen molar-refractivity contribution in [3.8, 4) is 0 Å². The smallest absolute Gasteiger partial charge is 0.186 e. The van der Waals surface area contributed by atoms with Crippen LogP contribution in [0.5, 0.6) is 0 Å². The second kappa shape index (κ2) is 8.17. The molecule has 0 radical (unpaired) electrons. The molecule has 0 aromatic carbocycles. The molecule has 0 saturated carbocycles. The Morgan fingerprint density at radius 2 is 1.75 bits per heavy atom. The molecule has 9 nitrogen and oxygen atoms in total. The lowest BCUT2D eigenvalue weighted by Crippen LogP contribution is -2.67. The summed E-state index contributed by atoms with van der Waals surface area (Å²) in [6.07, 6.45) is -5.34. The second-order valence-electron chi connectivity index (χ2n) is 6.33. The fraction of sp³-hybridized carbons (Fsp3) is 0.867. The van der Waals surface area contributed by atoms with Crippen molar-refractivity contribution in [2.45, 2.75) is 55.8 Å². The fourth-order valence-corrected chi connectivity index (χ4v) is 3.26. The van der Waals surface area contributed by atoms with Crippen LogP contribution in [0.4, 0.5) is 0 Å². The largest absolute Gasteiger partial charge is 0.394 e. The zero-order chi connectivity index (χ0) is 18.0. The van der Waals surface area contributed by atoms with E-state index < -0.39 is 61.4 Å².